The number of nitrogens with zero attached hydrogens (tertiary/aromatic N) is 4. The van der Waals surface area contributed by atoms with E-state index in [1.54, 1.807) is 6.20 Å². The normalized spacial score (nSPS) is 24.1. The van der Waals surface area contributed by atoms with Gasteiger partial charge < -0.3 is 9.88 Å². The van der Waals surface area contributed by atoms with Crippen molar-refractivity contribution in [3.05, 3.63) is 18.6 Å². The van der Waals surface area contributed by atoms with Crippen molar-refractivity contribution in [1.29, 1.82) is 0 Å². The lowest BCUT2D eigenvalue weighted by atomic mass is 9.81. The third-order valence-corrected chi connectivity index (χ3v) is 7.98. The van der Waals surface area contributed by atoms with E-state index in [4.69, 9.17) is 0 Å². The van der Waals surface area contributed by atoms with Crippen LogP contribution >= 0.6 is 0 Å². The summed E-state index contributed by atoms with van der Waals surface area (Å²) in [6.07, 6.45) is 0.462. The first kappa shape index (κ1) is 19.4. The van der Waals surface area contributed by atoms with Crippen LogP contribution in [0.1, 0.15) is 12.8 Å². The maximum absolute atomic E-state index is 12.5. The van der Waals surface area contributed by atoms with Crippen LogP contribution in [-0.2, 0) is 9.84 Å². The number of rotatable bonds is 6. The van der Waals surface area contributed by atoms with Crippen molar-refractivity contribution in [2.24, 2.45) is 5.92 Å². The lowest BCUT2D eigenvalue weighted by molar-refractivity contribution is -0.152. The molecule has 0 spiro atoms. The maximum Gasteiger partial charge on any atom is 0.401 e. The van der Waals surface area contributed by atoms with Crippen LogP contribution in [-0.4, -0.2) is 78.2 Å². The minimum Gasteiger partial charge on any atom is -0.356 e. The molecule has 2 aromatic heterocycles. The second-order valence-corrected chi connectivity index (χ2v) is 10.1. The fourth-order valence-corrected chi connectivity index (χ4v) is 6.14. The van der Waals surface area contributed by atoms with Crippen molar-refractivity contribution in [2.75, 3.05) is 37.3 Å². The van der Waals surface area contributed by atoms with Gasteiger partial charge in [0.15, 0.2) is 9.84 Å². The molecule has 28 heavy (non-hydrogen) atoms. The third kappa shape index (κ3) is 3.82. The molecule has 0 bridgehead atoms. The zero-order chi connectivity index (χ0) is 20.1. The predicted molar refractivity (Wildman–Crippen MR) is 98.9 cm³/mol. The van der Waals surface area contributed by atoms with Crippen molar-refractivity contribution < 1.29 is 21.6 Å². The Kier molecular flexibility index (Phi) is 4.77. The van der Waals surface area contributed by atoms with E-state index >= 15 is 0 Å². The number of likely N-dealkylation sites (tertiary alicyclic amines) is 1. The Morgan fingerprint density at radius 2 is 2.00 bits per heavy atom. The zero-order valence-corrected chi connectivity index (χ0v) is 16.2. The number of hydrogen-bond acceptors (Lipinski definition) is 6. The third-order valence-electron chi connectivity index (χ3n) is 5.73. The minimum absolute atomic E-state index is 0.0235. The van der Waals surface area contributed by atoms with Gasteiger partial charge in [-0.25, -0.2) is 18.4 Å². The fraction of sp³-hybridized carbons (Fsp3) is 0.647. The molecule has 0 radical (unpaired) electrons. The van der Waals surface area contributed by atoms with Crippen LogP contribution in [0, 0.1) is 5.92 Å². The van der Waals surface area contributed by atoms with Crippen molar-refractivity contribution in [3.8, 4) is 0 Å². The summed E-state index contributed by atoms with van der Waals surface area (Å²) in [5, 5.41) is 0.244. The average molecular weight is 417 g/mol. The largest absolute Gasteiger partial charge is 0.401 e. The van der Waals surface area contributed by atoms with Crippen LogP contribution in [0.3, 0.4) is 0 Å². The van der Waals surface area contributed by atoms with Crippen LogP contribution in [0.2, 0.25) is 0 Å². The smallest absolute Gasteiger partial charge is 0.356 e. The summed E-state index contributed by atoms with van der Waals surface area (Å²) >= 11 is 0. The van der Waals surface area contributed by atoms with E-state index in [1.807, 2.05) is 13.1 Å². The first-order chi connectivity index (χ1) is 13.1. The SMILES string of the molecule is CN(c1ncnc2[nH]ccc12)C1CC(CS(=O)(=O)C2CN(CC(F)(F)F)C2)C1. The number of fused-ring (bicyclic) bond motifs is 1. The van der Waals surface area contributed by atoms with Gasteiger partial charge in [-0.3, -0.25) is 4.90 Å². The van der Waals surface area contributed by atoms with Gasteiger partial charge in [0.2, 0.25) is 0 Å². The van der Waals surface area contributed by atoms with Crippen molar-refractivity contribution in [1.82, 2.24) is 19.9 Å². The van der Waals surface area contributed by atoms with Crippen molar-refractivity contribution >= 4 is 26.7 Å². The molecule has 1 saturated heterocycles. The molecule has 0 unspecified atom stereocenters. The van der Waals surface area contributed by atoms with Crippen LogP contribution < -0.4 is 4.90 Å². The molecule has 11 heteroatoms. The molecular formula is C17H22F3N5O2S. The highest BCUT2D eigenvalue weighted by Crippen LogP contribution is 2.37. The summed E-state index contributed by atoms with van der Waals surface area (Å²) in [5.74, 6) is 0.891. The second-order valence-electron chi connectivity index (χ2n) is 7.80. The highest BCUT2D eigenvalue weighted by Gasteiger charge is 2.44. The van der Waals surface area contributed by atoms with E-state index in [0.29, 0.717) is 0 Å². The monoisotopic (exact) mass is 417 g/mol. The van der Waals surface area contributed by atoms with Gasteiger partial charge in [-0.05, 0) is 24.8 Å². The van der Waals surface area contributed by atoms with Gasteiger partial charge in [-0.15, -0.1) is 0 Å². The minimum atomic E-state index is -4.29. The van der Waals surface area contributed by atoms with Crippen molar-refractivity contribution in [2.45, 2.75) is 30.3 Å². The van der Waals surface area contributed by atoms with E-state index in [0.717, 1.165) is 34.6 Å². The summed E-state index contributed by atoms with van der Waals surface area (Å²) < 4.78 is 62.0. The molecule has 7 nitrogen and oxygen atoms in total. The van der Waals surface area contributed by atoms with Crippen LogP contribution in [0.5, 0.6) is 0 Å². The maximum atomic E-state index is 12.5. The lowest BCUT2D eigenvalue weighted by Gasteiger charge is -2.44. The van der Waals surface area contributed by atoms with Crippen LogP contribution in [0.25, 0.3) is 11.0 Å². The molecule has 3 heterocycles. The van der Waals surface area contributed by atoms with E-state index in [9.17, 15) is 21.6 Å². The van der Waals surface area contributed by atoms with Gasteiger partial charge in [0.1, 0.15) is 17.8 Å². The Labute approximate surface area is 160 Å². The Bertz CT molecular complexity index is 949. The van der Waals surface area contributed by atoms with E-state index in [-0.39, 0.29) is 30.8 Å². The number of hydrogen-bond donors (Lipinski definition) is 1. The number of halogens is 3. The molecule has 4 rings (SSSR count). The number of aromatic nitrogens is 3. The Balaban J connectivity index is 1.29. The topological polar surface area (TPSA) is 82.2 Å². The lowest BCUT2D eigenvalue weighted by Crippen LogP contribution is -2.58. The van der Waals surface area contributed by atoms with E-state index in [2.05, 4.69) is 19.9 Å². The number of nitrogens with one attached hydrogen (secondary N) is 1. The van der Waals surface area contributed by atoms with Gasteiger partial charge in [0.25, 0.3) is 0 Å². The van der Waals surface area contributed by atoms with E-state index in [1.165, 1.54) is 6.33 Å². The number of alkyl halides is 3. The fourth-order valence-electron chi connectivity index (χ4n) is 4.06. The molecule has 2 fully saturated rings. The predicted octanol–water partition coefficient (Wildman–Crippen LogP) is 1.83. The summed E-state index contributed by atoms with van der Waals surface area (Å²) in [6.45, 7) is -1.09. The molecule has 1 saturated carbocycles. The van der Waals surface area contributed by atoms with Gasteiger partial charge in [0.05, 0.1) is 22.9 Å². The van der Waals surface area contributed by atoms with E-state index < -0.39 is 27.8 Å². The quantitative estimate of drug-likeness (QED) is 0.772. The van der Waals surface area contributed by atoms with Gasteiger partial charge in [-0.2, -0.15) is 13.2 Å². The Hall–Kier alpha value is -1.88. The Morgan fingerprint density at radius 1 is 1.29 bits per heavy atom. The number of anilines is 1. The molecule has 1 N–H and O–H groups in total. The van der Waals surface area contributed by atoms with Crippen LogP contribution in [0.15, 0.2) is 18.6 Å². The summed E-state index contributed by atoms with van der Waals surface area (Å²) in [6, 6.07) is 2.10. The van der Waals surface area contributed by atoms with Crippen molar-refractivity contribution in [3.63, 3.8) is 0 Å². The summed E-state index contributed by atoms with van der Waals surface area (Å²) in [4.78, 5) is 14.7. The number of sulfone groups is 1. The number of aromatic amines is 1. The molecule has 2 aromatic rings. The molecule has 2 aliphatic rings. The molecule has 1 aliphatic carbocycles. The number of H-pyrrole nitrogens is 1. The van der Waals surface area contributed by atoms with Crippen LogP contribution in [0.4, 0.5) is 19.0 Å². The zero-order valence-electron chi connectivity index (χ0n) is 15.4. The molecule has 0 atom stereocenters. The van der Waals surface area contributed by atoms with Gasteiger partial charge in [-0.1, -0.05) is 0 Å². The standard InChI is InChI=1S/C17H22F3N5O2S/c1-24(16-14-2-3-21-15(14)22-10-23-16)12-4-11(5-12)8-28(26,27)13-6-25(7-13)9-17(18,19)20/h2-3,10-13H,4-9H2,1H3,(H,21,22,23). The average Bonchev–Trinajstić information content (AvgIpc) is 3.00. The highest BCUT2D eigenvalue weighted by molar-refractivity contribution is 7.92. The molecule has 1 aliphatic heterocycles. The van der Waals surface area contributed by atoms with Gasteiger partial charge in [0, 0.05) is 32.4 Å². The first-order valence-electron chi connectivity index (χ1n) is 9.14. The highest BCUT2D eigenvalue weighted by atomic mass is 32.2. The summed E-state index contributed by atoms with van der Waals surface area (Å²) in [5.41, 5.74) is 0.753. The second kappa shape index (κ2) is 6.87. The summed E-state index contributed by atoms with van der Waals surface area (Å²) in [7, 11) is -1.43. The van der Waals surface area contributed by atoms with Gasteiger partial charge >= 0.3 is 6.18 Å². The molecule has 0 aromatic carbocycles. The molecular weight excluding hydrogens is 395 g/mol. The molecule has 154 valence electrons. The first-order valence-corrected chi connectivity index (χ1v) is 10.9. The Morgan fingerprint density at radius 3 is 2.68 bits per heavy atom. The molecule has 0 amide bonds.